The summed E-state index contributed by atoms with van der Waals surface area (Å²) in [5.41, 5.74) is 1.51. The third-order valence-electron chi connectivity index (χ3n) is 7.80. The van der Waals surface area contributed by atoms with Gasteiger partial charge < -0.3 is 34.3 Å². The van der Waals surface area contributed by atoms with Gasteiger partial charge in [0.1, 0.15) is 37.8 Å². The van der Waals surface area contributed by atoms with Gasteiger partial charge in [0.2, 0.25) is 23.5 Å². The van der Waals surface area contributed by atoms with Gasteiger partial charge in [0, 0.05) is 37.4 Å². The highest BCUT2D eigenvalue weighted by atomic mass is 16.5. The maximum atomic E-state index is 12.2. The maximum Gasteiger partial charge on any atom is 0.243 e. The number of carbonyl (C=O) groups excluding carboxylic acids is 2. The second-order valence-electron chi connectivity index (χ2n) is 11.5. The fourth-order valence-electron chi connectivity index (χ4n) is 5.23. The number of hydrogen-bond acceptors (Lipinski definition) is 13. The van der Waals surface area contributed by atoms with E-state index in [4.69, 9.17) is 23.7 Å². The third-order valence-corrected chi connectivity index (χ3v) is 7.80. The zero-order valence-electron chi connectivity index (χ0n) is 27.1. The Kier molecular flexibility index (Phi) is 12.0. The molecule has 2 aliphatic heterocycles. The molecule has 17 heteroatoms. The molecular weight excluding hydrogens is 636 g/mol. The summed E-state index contributed by atoms with van der Waals surface area (Å²) >= 11 is 0. The molecule has 260 valence electrons. The van der Waals surface area contributed by atoms with Crippen LogP contribution >= 0.6 is 0 Å². The second-order valence-corrected chi connectivity index (χ2v) is 11.5. The van der Waals surface area contributed by atoms with Gasteiger partial charge in [-0.2, -0.15) is 9.59 Å². The summed E-state index contributed by atoms with van der Waals surface area (Å²) < 4.78 is 28.2. The maximum absolute atomic E-state index is 12.2. The smallest absolute Gasteiger partial charge is 0.243 e. The molecule has 4 heterocycles. The first-order chi connectivity index (χ1) is 24.1. The first-order valence-electron chi connectivity index (χ1n) is 16.4. The monoisotopic (exact) mass is 676 g/mol. The van der Waals surface area contributed by atoms with Crippen molar-refractivity contribution < 1.29 is 33.3 Å². The summed E-state index contributed by atoms with van der Waals surface area (Å²) in [6.45, 7) is 3.97. The molecule has 1 unspecified atom stereocenters. The fraction of sp³-hybridized carbons (Fsp3) is 0.500. The molecule has 2 saturated heterocycles. The highest BCUT2D eigenvalue weighted by Crippen LogP contribution is 2.20. The molecule has 2 atom stereocenters. The highest BCUT2D eigenvalue weighted by Gasteiger charge is 2.18. The van der Waals surface area contributed by atoms with Crippen LogP contribution in [0.5, 0.6) is 11.5 Å². The van der Waals surface area contributed by atoms with E-state index < -0.39 is 0 Å². The van der Waals surface area contributed by atoms with E-state index in [0.717, 1.165) is 50.0 Å². The van der Waals surface area contributed by atoms with Gasteiger partial charge in [-0.3, -0.25) is 9.59 Å². The Bertz CT molecular complexity index is 1500. The molecule has 2 N–H and O–H groups in total. The van der Waals surface area contributed by atoms with E-state index in [1.165, 1.54) is 9.59 Å². The number of benzene rings is 2. The zero-order valence-corrected chi connectivity index (χ0v) is 27.1. The summed E-state index contributed by atoms with van der Waals surface area (Å²) in [5.74, 6) is 1.82. The van der Waals surface area contributed by atoms with Crippen LogP contribution in [0.1, 0.15) is 25.7 Å². The van der Waals surface area contributed by atoms with Crippen molar-refractivity contribution >= 4 is 11.8 Å². The molecule has 0 saturated carbocycles. The molecule has 49 heavy (non-hydrogen) atoms. The number of ether oxygens (including phenoxy) is 5. The van der Waals surface area contributed by atoms with Crippen LogP contribution in [0.15, 0.2) is 48.5 Å². The second kappa shape index (κ2) is 17.4. The molecule has 0 spiro atoms. The predicted molar refractivity (Wildman–Crippen MR) is 172 cm³/mol. The summed E-state index contributed by atoms with van der Waals surface area (Å²) in [7, 11) is 0. The molecular formula is C32H40N10O7. The standard InChI is InChI=1S/C32H40N10O7/c43-29(33-19-27-3-1-13-46-27)21-41-37-31(35-39-41)23-5-9-25(10-6-23)48-17-15-45-16-18-49-26-11-7-24(8-12-26)32-36-40-42(38-32)22-30(44)34-20-28-4-2-14-47-28/h5-12,27-28H,1-4,13-22H2,(H,33,43)(H,34,44)/t27-,28?/m0/s1. The first kappa shape index (κ1) is 33.9. The van der Waals surface area contributed by atoms with Crippen LogP contribution in [0.3, 0.4) is 0 Å². The average Bonchev–Trinajstić information content (AvgIpc) is 3.96. The molecule has 0 radical (unpaired) electrons. The largest absolute Gasteiger partial charge is 0.491 e. The van der Waals surface area contributed by atoms with Gasteiger partial charge in [-0.05, 0) is 84.6 Å². The molecule has 2 aliphatic rings. The Hall–Kier alpha value is -5.00. The number of carbonyl (C=O) groups is 2. The van der Waals surface area contributed by atoms with Crippen LogP contribution in [0, 0.1) is 0 Å². The predicted octanol–water partition coefficient (Wildman–Crippen LogP) is 1.06. The molecule has 2 aromatic carbocycles. The molecule has 2 aromatic heterocycles. The lowest BCUT2D eigenvalue weighted by Gasteiger charge is -2.10. The number of nitrogens with zero attached hydrogens (tertiary/aromatic N) is 8. The lowest BCUT2D eigenvalue weighted by molar-refractivity contribution is -0.123. The first-order valence-corrected chi connectivity index (χ1v) is 16.4. The van der Waals surface area contributed by atoms with Crippen molar-refractivity contribution in [3.05, 3.63) is 48.5 Å². The van der Waals surface area contributed by atoms with E-state index in [1.807, 2.05) is 48.5 Å². The van der Waals surface area contributed by atoms with Crippen molar-refractivity contribution in [1.29, 1.82) is 0 Å². The van der Waals surface area contributed by atoms with E-state index in [0.29, 0.717) is 62.7 Å². The average molecular weight is 677 g/mol. The highest BCUT2D eigenvalue weighted by molar-refractivity contribution is 5.76. The lowest BCUT2D eigenvalue weighted by Crippen LogP contribution is -2.34. The molecule has 0 aliphatic carbocycles. The minimum absolute atomic E-state index is 0.0122. The summed E-state index contributed by atoms with van der Waals surface area (Å²) in [4.78, 5) is 26.9. The summed E-state index contributed by atoms with van der Waals surface area (Å²) in [6.07, 6.45) is 4.13. The van der Waals surface area contributed by atoms with Crippen molar-refractivity contribution in [3.63, 3.8) is 0 Å². The van der Waals surface area contributed by atoms with Crippen molar-refractivity contribution in [2.24, 2.45) is 0 Å². The zero-order chi connectivity index (χ0) is 33.7. The van der Waals surface area contributed by atoms with Crippen LogP contribution in [0.2, 0.25) is 0 Å². The van der Waals surface area contributed by atoms with Crippen LogP contribution < -0.4 is 20.1 Å². The number of amides is 2. The van der Waals surface area contributed by atoms with Crippen molar-refractivity contribution in [2.45, 2.75) is 51.0 Å². The number of hydrogen-bond donors (Lipinski definition) is 2. The van der Waals surface area contributed by atoms with Gasteiger partial charge in [-0.25, -0.2) is 0 Å². The number of rotatable bonds is 18. The van der Waals surface area contributed by atoms with E-state index >= 15 is 0 Å². The summed E-state index contributed by atoms with van der Waals surface area (Å²) in [6, 6.07) is 14.6. The van der Waals surface area contributed by atoms with Gasteiger partial charge in [-0.1, -0.05) is 0 Å². The molecule has 2 amide bonds. The van der Waals surface area contributed by atoms with Crippen LogP contribution in [-0.4, -0.2) is 117 Å². The van der Waals surface area contributed by atoms with Crippen LogP contribution in [0.25, 0.3) is 22.8 Å². The molecule has 2 fully saturated rings. The Labute approximate surface area is 282 Å². The number of tetrazole rings is 2. The van der Waals surface area contributed by atoms with Crippen LogP contribution in [-0.2, 0) is 36.9 Å². The normalized spacial score (nSPS) is 17.2. The van der Waals surface area contributed by atoms with Gasteiger partial charge in [0.15, 0.2) is 0 Å². The number of aromatic nitrogens is 8. The third kappa shape index (κ3) is 10.5. The SMILES string of the molecule is O=C(Cn1nnc(-c2ccc(OCCOCCOc3ccc(-c4nnn(CC(=O)NC[C@@H]5CCCO5)n4)cc3)cc2)n1)NCC1CCCO1. The van der Waals surface area contributed by atoms with E-state index in [9.17, 15) is 9.59 Å². The molecule has 4 aromatic rings. The fourth-order valence-corrected chi connectivity index (χ4v) is 5.23. The Morgan fingerprint density at radius 1 is 0.673 bits per heavy atom. The quantitative estimate of drug-likeness (QED) is 0.142. The van der Waals surface area contributed by atoms with Crippen molar-refractivity contribution in [1.82, 2.24) is 51.0 Å². The van der Waals surface area contributed by atoms with Gasteiger partial charge >= 0.3 is 0 Å². The Morgan fingerprint density at radius 3 is 1.53 bits per heavy atom. The molecule has 0 bridgehead atoms. The van der Waals surface area contributed by atoms with Gasteiger partial charge in [-0.15, -0.1) is 20.4 Å². The topological polar surface area (TPSA) is 192 Å². The minimum Gasteiger partial charge on any atom is -0.491 e. The Morgan fingerprint density at radius 2 is 1.12 bits per heavy atom. The van der Waals surface area contributed by atoms with Gasteiger partial charge in [0.05, 0.1) is 25.4 Å². The number of nitrogens with one attached hydrogen (secondary N) is 2. The van der Waals surface area contributed by atoms with E-state index in [2.05, 4.69) is 41.5 Å². The van der Waals surface area contributed by atoms with E-state index in [1.54, 1.807) is 0 Å². The summed E-state index contributed by atoms with van der Waals surface area (Å²) in [5, 5.41) is 30.4. The lowest BCUT2D eigenvalue weighted by atomic mass is 10.2. The minimum atomic E-state index is -0.187. The Balaban J connectivity index is 0.827. The van der Waals surface area contributed by atoms with Gasteiger partial charge in [0.25, 0.3) is 0 Å². The van der Waals surface area contributed by atoms with Crippen LogP contribution in [0.4, 0.5) is 0 Å². The van der Waals surface area contributed by atoms with Crippen molar-refractivity contribution in [2.75, 3.05) is 52.7 Å². The molecule has 6 rings (SSSR count). The molecule has 17 nitrogen and oxygen atoms in total. The van der Waals surface area contributed by atoms with E-state index in [-0.39, 0.29) is 37.1 Å². The van der Waals surface area contributed by atoms with Crippen molar-refractivity contribution in [3.8, 4) is 34.3 Å².